The van der Waals surface area contributed by atoms with E-state index >= 15 is 0 Å². The van der Waals surface area contributed by atoms with E-state index in [4.69, 9.17) is 13.9 Å². The van der Waals surface area contributed by atoms with Gasteiger partial charge in [0.25, 0.3) is 0 Å². The van der Waals surface area contributed by atoms with Crippen LogP contribution in [0, 0.1) is 12.7 Å². The molecule has 0 atom stereocenters. The second-order valence-electron chi connectivity index (χ2n) is 8.63. The molecule has 0 spiro atoms. The number of halogens is 1. The largest absolute Gasteiger partial charge is 0.489 e. The van der Waals surface area contributed by atoms with Crippen molar-refractivity contribution in [1.82, 2.24) is 0 Å². The number of carbonyl (C=O) groups excluding carboxylic acids is 2. The fraction of sp³-hybridized carbons (Fsp3) is 0.0625. The molecule has 0 aliphatic carbocycles. The van der Waals surface area contributed by atoms with Crippen LogP contribution in [0.5, 0.6) is 11.5 Å². The van der Waals surface area contributed by atoms with Crippen LogP contribution in [0.15, 0.2) is 108 Å². The van der Waals surface area contributed by atoms with Gasteiger partial charge in [0, 0.05) is 10.9 Å². The van der Waals surface area contributed by atoms with Crippen molar-refractivity contribution in [3.8, 4) is 11.5 Å². The molecule has 188 valence electrons. The van der Waals surface area contributed by atoms with Crippen molar-refractivity contribution >= 4 is 28.8 Å². The molecule has 0 aliphatic rings. The van der Waals surface area contributed by atoms with Gasteiger partial charge in [0.15, 0.2) is 5.78 Å². The molecular formula is C32H23FO5. The molecule has 0 unspecified atom stereocenters. The van der Waals surface area contributed by atoms with Crippen LogP contribution in [0.1, 0.15) is 37.6 Å². The Kier molecular flexibility index (Phi) is 7.13. The van der Waals surface area contributed by atoms with Gasteiger partial charge in [-0.15, -0.1) is 0 Å². The lowest BCUT2D eigenvalue weighted by molar-refractivity contribution is 0.0734. The minimum absolute atomic E-state index is 0.230. The number of fused-ring (bicyclic) bond motifs is 1. The second kappa shape index (κ2) is 11.0. The molecule has 5 rings (SSSR count). The molecule has 0 fully saturated rings. The van der Waals surface area contributed by atoms with Gasteiger partial charge in [-0.25, -0.2) is 9.18 Å². The average molecular weight is 507 g/mol. The highest BCUT2D eigenvalue weighted by Crippen LogP contribution is 2.30. The van der Waals surface area contributed by atoms with E-state index < -0.39 is 5.97 Å². The van der Waals surface area contributed by atoms with E-state index in [2.05, 4.69) is 0 Å². The average Bonchev–Trinajstić information content (AvgIpc) is 3.27. The maximum Gasteiger partial charge on any atom is 0.347 e. The molecule has 38 heavy (non-hydrogen) atoms. The molecule has 0 radical (unpaired) electrons. The number of hydrogen-bond acceptors (Lipinski definition) is 5. The van der Waals surface area contributed by atoms with E-state index in [1.807, 2.05) is 30.3 Å². The van der Waals surface area contributed by atoms with E-state index in [0.717, 1.165) is 5.56 Å². The van der Waals surface area contributed by atoms with E-state index in [1.165, 1.54) is 18.2 Å². The van der Waals surface area contributed by atoms with Crippen molar-refractivity contribution in [3.63, 3.8) is 0 Å². The lowest BCUT2D eigenvalue weighted by Crippen LogP contribution is -2.09. The summed E-state index contributed by atoms with van der Waals surface area (Å²) in [4.78, 5) is 25.6. The Balaban J connectivity index is 1.28. The summed E-state index contributed by atoms with van der Waals surface area (Å²) in [5.41, 5.74) is 3.03. The first-order valence-electron chi connectivity index (χ1n) is 12.0. The lowest BCUT2D eigenvalue weighted by Gasteiger charge is -2.07. The van der Waals surface area contributed by atoms with Crippen molar-refractivity contribution in [3.05, 3.63) is 137 Å². The number of aryl methyl sites for hydroxylation is 1. The van der Waals surface area contributed by atoms with Gasteiger partial charge in [-0.1, -0.05) is 48.5 Å². The SMILES string of the molecule is Cc1oc2ccc(OCc3ccccc3)cc2c1C(=O)Oc1ccc(C(=O)C=Cc2ccc(F)cc2)cc1. The Morgan fingerprint density at radius 2 is 1.58 bits per heavy atom. The summed E-state index contributed by atoms with van der Waals surface area (Å²) in [6.07, 6.45) is 3.02. The highest BCUT2D eigenvalue weighted by molar-refractivity contribution is 6.07. The topological polar surface area (TPSA) is 65.7 Å². The van der Waals surface area contributed by atoms with Gasteiger partial charge in [0.05, 0.1) is 0 Å². The predicted molar refractivity (Wildman–Crippen MR) is 143 cm³/mol. The quantitative estimate of drug-likeness (QED) is 0.0940. The molecular weight excluding hydrogens is 483 g/mol. The van der Waals surface area contributed by atoms with E-state index in [-0.39, 0.29) is 11.6 Å². The van der Waals surface area contributed by atoms with Crippen LogP contribution in [-0.4, -0.2) is 11.8 Å². The van der Waals surface area contributed by atoms with Crippen molar-refractivity contribution in [1.29, 1.82) is 0 Å². The first-order valence-corrected chi connectivity index (χ1v) is 12.0. The van der Waals surface area contributed by atoms with Crippen molar-refractivity contribution < 1.29 is 27.9 Å². The lowest BCUT2D eigenvalue weighted by atomic mass is 10.1. The number of hydrogen-bond donors (Lipinski definition) is 0. The highest BCUT2D eigenvalue weighted by atomic mass is 19.1. The fourth-order valence-electron chi connectivity index (χ4n) is 3.97. The van der Waals surface area contributed by atoms with E-state index in [0.29, 0.717) is 51.5 Å². The summed E-state index contributed by atoms with van der Waals surface area (Å²) in [5.74, 6) is 0.188. The first-order chi connectivity index (χ1) is 18.5. The molecule has 0 bridgehead atoms. The zero-order chi connectivity index (χ0) is 26.5. The third-order valence-corrected chi connectivity index (χ3v) is 5.93. The Hall–Kier alpha value is -4.97. The molecule has 5 nitrogen and oxygen atoms in total. The molecule has 1 heterocycles. The van der Waals surface area contributed by atoms with Gasteiger partial charge >= 0.3 is 5.97 Å². The number of allylic oxidation sites excluding steroid dienone is 1. The molecule has 4 aromatic carbocycles. The number of rotatable bonds is 8. The monoisotopic (exact) mass is 506 g/mol. The summed E-state index contributed by atoms with van der Waals surface area (Å²) in [6.45, 7) is 2.10. The third-order valence-electron chi connectivity index (χ3n) is 5.93. The molecule has 0 amide bonds. The highest BCUT2D eigenvalue weighted by Gasteiger charge is 2.21. The van der Waals surface area contributed by atoms with Crippen LogP contribution in [0.3, 0.4) is 0 Å². The maximum atomic E-state index is 13.1. The summed E-state index contributed by atoms with van der Waals surface area (Å²) in [7, 11) is 0. The minimum atomic E-state index is -0.572. The maximum absolute atomic E-state index is 13.1. The summed E-state index contributed by atoms with van der Waals surface area (Å²) >= 11 is 0. The zero-order valence-corrected chi connectivity index (χ0v) is 20.5. The van der Waals surface area contributed by atoms with Gasteiger partial charge in [-0.3, -0.25) is 4.79 Å². The number of furan rings is 1. The third kappa shape index (κ3) is 5.71. The van der Waals surface area contributed by atoms with Crippen LogP contribution >= 0.6 is 0 Å². The van der Waals surface area contributed by atoms with Crippen molar-refractivity contribution in [2.24, 2.45) is 0 Å². The molecule has 0 saturated heterocycles. The number of carbonyl (C=O) groups is 2. The van der Waals surface area contributed by atoms with Crippen LogP contribution in [0.4, 0.5) is 4.39 Å². The molecule has 1 aromatic heterocycles. The Morgan fingerprint density at radius 1 is 0.868 bits per heavy atom. The fourth-order valence-corrected chi connectivity index (χ4v) is 3.97. The zero-order valence-electron chi connectivity index (χ0n) is 20.5. The first kappa shape index (κ1) is 24.7. The summed E-state index contributed by atoms with van der Waals surface area (Å²) in [5, 5.41) is 0.593. The molecule has 0 aliphatic heterocycles. The van der Waals surface area contributed by atoms with Gasteiger partial charge in [-0.05, 0) is 78.7 Å². The Morgan fingerprint density at radius 3 is 2.32 bits per heavy atom. The van der Waals surface area contributed by atoms with E-state index in [1.54, 1.807) is 67.6 Å². The Bertz CT molecular complexity index is 1620. The van der Waals surface area contributed by atoms with Crippen LogP contribution in [0.2, 0.25) is 0 Å². The standard InChI is InChI=1S/C32H23FO5/c1-21-31(28-19-27(16-18-30(28)37-21)36-20-23-5-3-2-4-6-23)32(35)38-26-14-10-24(11-15-26)29(34)17-9-22-7-12-25(33)13-8-22/h2-19H,20H2,1H3. The van der Waals surface area contributed by atoms with Crippen LogP contribution in [-0.2, 0) is 6.61 Å². The second-order valence-corrected chi connectivity index (χ2v) is 8.63. The molecule has 0 saturated carbocycles. The number of ether oxygens (including phenoxy) is 2. The van der Waals surface area contributed by atoms with E-state index in [9.17, 15) is 14.0 Å². The number of ketones is 1. The summed E-state index contributed by atoms with van der Waals surface area (Å²) in [6, 6.07) is 27.2. The van der Waals surface area contributed by atoms with Gasteiger partial charge in [0.2, 0.25) is 0 Å². The number of esters is 1. The van der Waals surface area contributed by atoms with Crippen molar-refractivity contribution in [2.75, 3.05) is 0 Å². The van der Waals surface area contributed by atoms with Gasteiger partial charge in [0.1, 0.15) is 40.8 Å². The molecule has 0 N–H and O–H groups in total. The minimum Gasteiger partial charge on any atom is -0.489 e. The van der Waals surface area contributed by atoms with Gasteiger partial charge < -0.3 is 13.9 Å². The predicted octanol–water partition coefficient (Wildman–Crippen LogP) is 7.57. The number of benzene rings is 4. The van der Waals surface area contributed by atoms with Gasteiger partial charge in [-0.2, -0.15) is 0 Å². The smallest absolute Gasteiger partial charge is 0.347 e. The Labute approximate surface area is 218 Å². The van der Waals surface area contributed by atoms with Crippen LogP contribution in [0.25, 0.3) is 17.0 Å². The molecule has 6 heteroatoms. The van der Waals surface area contributed by atoms with Crippen LogP contribution < -0.4 is 9.47 Å². The summed E-state index contributed by atoms with van der Waals surface area (Å²) < 4.78 is 30.3. The normalized spacial score (nSPS) is 11.1. The molecule has 5 aromatic rings. The van der Waals surface area contributed by atoms with Crippen molar-refractivity contribution in [2.45, 2.75) is 13.5 Å².